The molecule has 1 aliphatic heterocycles. The van der Waals surface area contributed by atoms with Gasteiger partial charge in [0.1, 0.15) is 5.82 Å². The summed E-state index contributed by atoms with van der Waals surface area (Å²) in [7, 11) is 1.62. The van der Waals surface area contributed by atoms with Gasteiger partial charge in [-0.3, -0.25) is 14.8 Å². The fourth-order valence-corrected chi connectivity index (χ4v) is 2.79. The molecule has 0 aliphatic carbocycles. The molecule has 122 valence electrons. The van der Waals surface area contributed by atoms with E-state index >= 15 is 0 Å². The van der Waals surface area contributed by atoms with Crippen molar-refractivity contribution in [3.8, 4) is 5.88 Å². The molecule has 1 aliphatic rings. The topological polar surface area (TPSA) is 41.5 Å². The lowest BCUT2D eigenvalue weighted by atomic mass is 10.2. The molecule has 0 saturated carbocycles. The molecule has 2 aromatic heterocycles. The highest BCUT2D eigenvalue weighted by Crippen LogP contribution is 2.13. The van der Waals surface area contributed by atoms with E-state index in [-0.39, 0.29) is 5.82 Å². The zero-order valence-corrected chi connectivity index (χ0v) is 13.3. The molecule has 0 N–H and O–H groups in total. The lowest BCUT2D eigenvalue weighted by molar-refractivity contribution is 0.121. The van der Waals surface area contributed by atoms with Crippen molar-refractivity contribution < 1.29 is 9.13 Å². The lowest BCUT2D eigenvalue weighted by Gasteiger charge is -2.34. The van der Waals surface area contributed by atoms with Gasteiger partial charge in [-0.2, -0.15) is 0 Å². The molecule has 2 aromatic rings. The molecule has 1 fully saturated rings. The van der Waals surface area contributed by atoms with Gasteiger partial charge in [0.2, 0.25) is 5.88 Å². The van der Waals surface area contributed by atoms with E-state index in [1.165, 1.54) is 11.8 Å². The first kappa shape index (κ1) is 15.8. The Hall–Kier alpha value is -2.05. The van der Waals surface area contributed by atoms with Crippen molar-refractivity contribution >= 4 is 0 Å². The van der Waals surface area contributed by atoms with Crippen LogP contribution in [0.25, 0.3) is 0 Å². The predicted molar refractivity (Wildman–Crippen MR) is 85.5 cm³/mol. The summed E-state index contributed by atoms with van der Waals surface area (Å²) in [5.74, 6) is 0.371. The van der Waals surface area contributed by atoms with Crippen LogP contribution in [0.2, 0.25) is 0 Å². The molecule has 0 spiro atoms. The van der Waals surface area contributed by atoms with Crippen molar-refractivity contribution in [2.24, 2.45) is 0 Å². The number of ether oxygens (including phenoxy) is 1. The van der Waals surface area contributed by atoms with Gasteiger partial charge in [0.15, 0.2) is 0 Å². The number of hydrogen-bond donors (Lipinski definition) is 0. The first-order chi connectivity index (χ1) is 11.2. The molecular formula is C17H21FN4O. The van der Waals surface area contributed by atoms with Crippen LogP contribution in [0.5, 0.6) is 5.88 Å². The molecule has 0 atom stereocenters. The van der Waals surface area contributed by atoms with Crippen LogP contribution >= 0.6 is 0 Å². The molecule has 3 heterocycles. The Morgan fingerprint density at radius 3 is 2.26 bits per heavy atom. The third kappa shape index (κ3) is 4.46. The quantitative estimate of drug-likeness (QED) is 0.843. The van der Waals surface area contributed by atoms with Crippen LogP contribution in [0, 0.1) is 5.82 Å². The Bertz CT molecular complexity index is 627. The van der Waals surface area contributed by atoms with Gasteiger partial charge >= 0.3 is 0 Å². The number of aromatic nitrogens is 2. The summed E-state index contributed by atoms with van der Waals surface area (Å²) in [4.78, 5) is 12.9. The molecule has 0 amide bonds. The Balaban J connectivity index is 1.48. The minimum absolute atomic E-state index is 0.270. The van der Waals surface area contributed by atoms with Crippen molar-refractivity contribution in [3.63, 3.8) is 0 Å². The smallest absolute Gasteiger partial charge is 0.212 e. The van der Waals surface area contributed by atoms with Crippen molar-refractivity contribution in [3.05, 3.63) is 53.7 Å². The van der Waals surface area contributed by atoms with Crippen molar-refractivity contribution in [1.82, 2.24) is 19.8 Å². The highest BCUT2D eigenvalue weighted by Gasteiger charge is 2.17. The van der Waals surface area contributed by atoms with Gasteiger partial charge in [-0.25, -0.2) is 9.37 Å². The summed E-state index contributed by atoms with van der Waals surface area (Å²) in [5, 5.41) is 0. The van der Waals surface area contributed by atoms with Crippen molar-refractivity contribution in [2.75, 3.05) is 33.3 Å². The van der Waals surface area contributed by atoms with Crippen LogP contribution < -0.4 is 4.74 Å². The van der Waals surface area contributed by atoms with E-state index in [9.17, 15) is 4.39 Å². The standard InChI is InChI=1S/C17H21FN4O/c1-23-17-3-2-14(10-20-17)12-21-4-6-22(7-5-21)13-15-8-16(18)11-19-9-15/h2-3,8-11H,4-7,12-13H2,1H3. The number of piperazine rings is 1. The monoisotopic (exact) mass is 316 g/mol. The minimum atomic E-state index is -0.270. The number of nitrogens with zero attached hydrogens (tertiary/aromatic N) is 4. The number of rotatable bonds is 5. The molecule has 0 unspecified atom stereocenters. The summed E-state index contributed by atoms with van der Waals surface area (Å²) < 4.78 is 18.3. The summed E-state index contributed by atoms with van der Waals surface area (Å²) in [6.45, 7) is 5.58. The maximum absolute atomic E-state index is 13.2. The Labute approximate surface area is 135 Å². The van der Waals surface area contributed by atoms with Crippen LogP contribution in [-0.4, -0.2) is 53.1 Å². The van der Waals surface area contributed by atoms with E-state index in [0.29, 0.717) is 5.88 Å². The van der Waals surface area contributed by atoms with E-state index in [0.717, 1.165) is 44.8 Å². The second-order valence-electron chi connectivity index (χ2n) is 5.77. The van der Waals surface area contributed by atoms with Gasteiger partial charge < -0.3 is 4.74 Å². The highest BCUT2D eigenvalue weighted by atomic mass is 19.1. The zero-order valence-electron chi connectivity index (χ0n) is 13.3. The van der Waals surface area contributed by atoms with Gasteiger partial charge in [-0.1, -0.05) is 6.07 Å². The number of pyridine rings is 2. The first-order valence-electron chi connectivity index (χ1n) is 7.76. The molecule has 6 heteroatoms. The van der Waals surface area contributed by atoms with Gasteiger partial charge in [0.25, 0.3) is 0 Å². The van der Waals surface area contributed by atoms with Gasteiger partial charge in [-0.05, 0) is 17.2 Å². The molecule has 5 nitrogen and oxygen atoms in total. The number of methoxy groups -OCH3 is 1. The molecular weight excluding hydrogens is 295 g/mol. The van der Waals surface area contributed by atoms with Crippen LogP contribution in [-0.2, 0) is 13.1 Å². The largest absolute Gasteiger partial charge is 0.481 e. The molecule has 23 heavy (non-hydrogen) atoms. The molecule has 1 saturated heterocycles. The maximum atomic E-state index is 13.2. The van der Waals surface area contributed by atoms with E-state index in [4.69, 9.17) is 4.74 Å². The second-order valence-corrected chi connectivity index (χ2v) is 5.77. The van der Waals surface area contributed by atoms with E-state index < -0.39 is 0 Å². The average molecular weight is 316 g/mol. The third-order valence-electron chi connectivity index (χ3n) is 4.05. The predicted octanol–water partition coefficient (Wildman–Crippen LogP) is 1.94. The Morgan fingerprint density at radius 1 is 1.00 bits per heavy atom. The molecule has 0 radical (unpaired) electrons. The first-order valence-corrected chi connectivity index (χ1v) is 7.76. The fraction of sp³-hybridized carbons (Fsp3) is 0.412. The highest BCUT2D eigenvalue weighted by molar-refractivity contribution is 5.17. The van der Waals surface area contributed by atoms with E-state index in [2.05, 4.69) is 25.8 Å². The third-order valence-corrected chi connectivity index (χ3v) is 4.05. The zero-order chi connectivity index (χ0) is 16.1. The van der Waals surface area contributed by atoms with Crippen LogP contribution in [0.3, 0.4) is 0 Å². The molecule has 0 aromatic carbocycles. The normalized spacial score (nSPS) is 16.4. The van der Waals surface area contributed by atoms with E-state index in [1.807, 2.05) is 12.3 Å². The summed E-state index contributed by atoms with van der Waals surface area (Å²) >= 11 is 0. The van der Waals surface area contributed by atoms with Crippen LogP contribution in [0.1, 0.15) is 11.1 Å². The lowest BCUT2D eigenvalue weighted by Crippen LogP contribution is -2.45. The average Bonchev–Trinajstić information content (AvgIpc) is 2.57. The molecule has 0 bridgehead atoms. The maximum Gasteiger partial charge on any atom is 0.212 e. The summed E-state index contributed by atoms with van der Waals surface area (Å²) in [6.07, 6.45) is 4.84. The van der Waals surface area contributed by atoms with Gasteiger partial charge in [0, 0.05) is 57.7 Å². The van der Waals surface area contributed by atoms with Crippen molar-refractivity contribution in [2.45, 2.75) is 13.1 Å². The number of hydrogen-bond acceptors (Lipinski definition) is 5. The molecule has 3 rings (SSSR count). The summed E-state index contributed by atoms with van der Waals surface area (Å²) in [5.41, 5.74) is 2.12. The summed E-state index contributed by atoms with van der Waals surface area (Å²) in [6, 6.07) is 5.50. The fourth-order valence-electron chi connectivity index (χ4n) is 2.79. The van der Waals surface area contributed by atoms with Gasteiger partial charge in [-0.15, -0.1) is 0 Å². The van der Waals surface area contributed by atoms with Crippen molar-refractivity contribution in [1.29, 1.82) is 0 Å². The second kappa shape index (κ2) is 7.48. The van der Waals surface area contributed by atoms with Gasteiger partial charge in [0.05, 0.1) is 13.3 Å². The van der Waals surface area contributed by atoms with E-state index in [1.54, 1.807) is 19.4 Å². The minimum Gasteiger partial charge on any atom is -0.481 e. The SMILES string of the molecule is COc1ccc(CN2CCN(Cc3cncc(F)c3)CC2)cn1. The van der Waals surface area contributed by atoms with Crippen LogP contribution in [0.4, 0.5) is 4.39 Å². The van der Waals surface area contributed by atoms with Crippen LogP contribution in [0.15, 0.2) is 36.8 Å². The Kier molecular flexibility index (Phi) is 5.15. The Morgan fingerprint density at radius 2 is 1.70 bits per heavy atom. The number of halogens is 1.